The van der Waals surface area contributed by atoms with E-state index in [-0.39, 0.29) is 11.9 Å². The highest BCUT2D eigenvalue weighted by molar-refractivity contribution is 5.72. The highest BCUT2D eigenvalue weighted by atomic mass is 16.5. The van der Waals surface area contributed by atoms with Crippen LogP contribution >= 0.6 is 0 Å². The molecule has 0 spiro atoms. The molecule has 0 rings (SSSR count). The third kappa shape index (κ3) is 41.0. The fourth-order valence-corrected chi connectivity index (χ4v) is 6.17. The van der Waals surface area contributed by atoms with Crippen LogP contribution in [0.25, 0.3) is 0 Å². The summed E-state index contributed by atoms with van der Waals surface area (Å²) in [7, 11) is 0. The summed E-state index contributed by atoms with van der Waals surface area (Å²) in [4.78, 5) is 22.3. The predicted octanol–water partition coefficient (Wildman–Crippen LogP) is 14.6. The minimum absolute atomic E-state index is 0.0376. The molecule has 0 aliphatic rings. The molecule has 1 N–H and O–H groups in total. The van der Waals surface area contributed by atoms with E-state index in [1.807, 2.05) is 0 Å². The summed E-state index contributed by atoms with van der Waals surface area (Å²) in [5.41, 5.74) is 0. The molecule has 276 valence electrons. The van der Waals surface area contributed by atoms with E-state index >= 15 is 0 Å². The van der Waals surface area contributed by atoms with Crippen LogP contribution in [0.4, 0.5) is 0 Å². The number of carbonyl (C=O) groups is 2. The largest absolute Gasteiger partial charge is 0.481 e. The first-order chi connectivity index (χ1) is 22.5. The lowest BCUT2D eigenvalue weighted by Crippen LogP contribution is -2.17. The summed E-state index contributed by atoms with van der Waals surface area (Å²) < 4.78 is 5.46. The molecule has 0 fully saturated rings. The van der Waals surface area contributed by atoms with Crippen molar-refractivity contribution in [2.75, 3.05) is 6.61 Å². The van der Waals surface area contributed by atoms with Crippen molar-refractivity contribution in [1.29, 1.82) is 0 Å². The summed E-state index contributed by atoms with van der Waals surface area (Å²) >= 11 is 0. The number of esters is 1. The number of hydrogen-bond donors (Lipinski definition) is 1. The summed E-state index contributed by atoms with van der Waals surface area (Å²) in [5, 5.41) is 8.52. The lowest BCUT2D eigenvalue weighted by Gasteiger charge is -2.13. The monoisotopic (exact) mass is 653 g/mol. The molecule has 0 saturated carbocycles. The number of hydrogen-bond acceptors (Lipinski definition) is 3. The highest BCUT2D eigenvalue weighted by Gasteiger charge is 2.16. The fourth-order valence-electron chi connectivity index (χ4n) is 6.17. The molecule has 0 aliphatic carbocycles. The number of carbonyl (C=O) groups excluding carboxylic acids is 1. The molecule has 1 atom stereocenters. The minimum Gasteiger partial charge on any atom is -0.481 e. The zero-order chi connectivity index (χ0) is 34.2. The Morgan fingerprint density at radius 2 is 0.739 bits per heavy atom. The van der Waals surface area contributed by atoms with Gasteiger partial charge in [-0.05, 0) is 25.7 Å². The molecule has 4 heteroatoms. The average molecular weight is 653 g/mol. The third-order valence-corrected chi connectivity index (χ3v) is 9.47. The van der Waals surface area contributed by atoms with Crippen LogP contribution in [0.15, 0.2) is 0 Å². The van der Waals surface area contributed by atoms with Crippen LogP contribution in [0.3, 0.4) is 0 Å². The van der Waals surface area contributed by atoms with Crippen LogP contribution in [0.2, 0.25) is 0 Å². The van der Waals surface area contributed by atoms with Crippen molar-refractivity contribution in [3.05, 3.63) is 0 Å². The van der Waals surface area contributed by atoms with E-state index in [1.54, 1.807) is 0 Å². The van der Waals surface area contributed by atoms with Crippen molar-refractivity contribution in [3.63, 3.8) is 0 Å². The maximum atomic E-state index is 12.0. The van der Waals surface area contributed by atoms with Gasteiger partial charge in [0.15, 0.2) is 0 Å². The Hall–Kier alpha value is -1.06. The Morgan fingerprint density at radius 1 is 0.435 bits per heavy atom. The van der Waals surface area contributed by atoms with E-state index in [1.165, 1.54) is 167 Å². The highest BCUT2D eigenvalue weighted by Crippen LogP contribution is 2.16. The molecule has 0 aliphatic heterocycles. The van der Waals surface area contributed by atoms with Crippen molar-refractivity contribution >= 4 is 11.9 Å². The van der Waals surface area contributed by atoms with E-state index in [2.05, 4.69) is 27.7 Å². The van der Waals surface area contributed by atoms with Gasteiger partial charge in [0.2, 0.25) is 0 Å². The summed E-state index contributed by atoms with van der Waals surface area (Å²) in [5.74, 6) is -0.489. The number of unbranched alkanes of at least 4 members (excludes halogenated alkanes) is 28. The first-order valence-corrected chi connectivity index (χ1v) is 20.9. The smallest absolute Gasteiger partial charge is 0.308 e. The van der Waals surface area contributed by atoms with E-state index in [0.29, 0.717) is 13.0 Å². The Bertz CT molecular complexity index is 590. The minimum atomic E-state index is -0.653. The van der Waals surface area contributed by atoms with Gasteiger partial charge in [-0.3, -0.25) is 9.59 Å². The maximum absolute atomic E-state index is 12.0. The van der Waals surface area contributed by atoms with Gasteiger partial charge in [-0.25, -0.2) is 0 Å². The zero-order valence-corrected chi connectivity index (χ0v) is 32.0. The summed E-state index contributed by atoms with van der Waals surface area (Å²) in [6, 6.07) is 0. The van der Waals surface area contributed by atoms with Crippen molar-refractivity contribution < 1.29 is 19.4 Å². The number of ether oxygens (including phenoxy) is 1. The first kappa shape index (κ1) is 47.1. The fraction of sp³-hybridized carbons (Fsp3) is 0.952. The molecule has 0 radical (unpaired) electrons. The van der Waals surface area contributed by atoms with Gasteiger partial charge >= 0.3 is 11.9 Å². The van der Waals surface area contributed by atoms with Gasteiger partial charge in [-0.1, -0.05) is 214 Å². The van der Waals surface area contributed by atoms with E-state index in [9.17, 15) is 9.59 Å². The third-order valence-electron chi connectivity index (χ3n) is 9.47. The van der Waals surface area contributed by atoms with Crippen molar-refractivity contribution in [3.8, 4) is 0 Å². The molecular weight excluding hydrogens is 568 g/mol. The van der Waals surface area contributed by atoms with E-state index in [0.717, 1.165) is 44.9 Å². The topological polar surface area (TPSA) is 63.6 Å². The summed E-state index contributed by atoms with van der Waals surface area (Å²) in [6.07, 6.45) is 43.4. The average Bonchev–Trinajstić information content (AvgIpc) is 3.05. The predicted molar refractivity (Wildman–Crippen MR) is 202 cm³/mol. The van der Waals surface area contributed by atoms with Crippen molar-refractivity contribution in [2.45, 2.75) is 246 Å². The molecule has 0 saturated heterocycles. The van der Waals surface area contributed by atoms with Crippen molar-refractivity contribution in [1.82, 2.24) is 0 Å². The Balaban J connectivity index is 0. The second kappa shape index (κ2) is 42.0. The van der Waals surface area contributed by atoms with Crippen LogP contribution in [-0.2, 0) is 14.3 Å². The Kier molecular flexibility index (Phi) is 42.9. The van der Waals surface area contributed by atoms with Crippen LogP contribution in [-0.4, -0.2) is 23.7 Å². The van der Waals surface area contributed by atoms with Gasteiger partial charge in [0.1, 0.15) is 0 Å². The lowest BCUT2D eigenvalue weighted by atomic mass is 10.00. The Morgan fingerprint density at radius 3 is 1.04 bits per heavy atom. The standard InChI is InChI=1S/C24H48O2.C18H36O2/c1-4-7-9-10-11-12-13-14-15-16-17-18-19-20-22-26-24(25)23(6-3)21-8-5-2;1-2-3-4-5-6-7-8-9-10-11-12-13-14-15-16-17-18(19)20/h23H,4-22H2,1-3H3;2-17H2,1H3,(H,19,20). The normalized spacial score (nSPS) is 11.7. The molecule has 1 unspecified atom stereocenters. The van der Waals surface area contributed by atoms with Gasteiger partial charge in [-0.15, -0.1) is 0 Å². The molecule has 0 heterocycles. The van der Waals surface area contributed by atoms with Gasteiger partial charge in [0, 0.05) is 6.42 Å². The van der Waals surface area contributed by atoms with Gasteiger partial charge in [0.05, 0.1) is 12.5 Å². The second-order valence-corrected chi connectivity index (χ2v) is 14.1. The number of rotatable bonds is 36. The molecule has 0 amide bonds. The van der Waals surface area contributed by atoms with Crippen molar-refractivity contribution in [2.24, 2.45) is 5.92 Å². The lowest BCUT2D eigenvalue weighted by molar-refractivity contribution is -0.149. The molecule has 0 aromatic heterocycles. The first-order valence-electron chi connectivity index (χ1n) is 20.9. The SMILES string of the molecule is CCCCCCCCCCCCCCCCCC(=O)O.CCCCCCCCCCCCCCCCOC(=O)C(CC)CCCC. The van der Waals surface area contributed by atoms with Gasteiger partial charge in [0.25, 0.3) is 0 Å². The zero-order valence-electron chi connectivity index (χ0n) is 32.0. The molecule has 4 nitrogen and oxygen atoms in total. The quantitative estimate of drug-likeness (QED) is 0.0540. The van der Waals surface area contributed by atoms with Gasteiger partial charge in [-0.2, -0.15) is 0 Å². The Labute approximate surface area is 289 Å². The number of carboxylic acid groups (broad SMARTS) is 1. The van der Waals surface area contributed by atoms with Crippen LogP contribution in [0, 0.1) is 5.92 Å². The second-order valence-electron chi connectivity index (χ2n) is 14.1. The molecule has 0 aromatic carbocycles. The van der Waals surface area contributed by atoms with E-state index in [4.69, 9.17) is 9.84 Å². The van der Waals surface area contributed by atoms with Crippen LogP contribution in [0.1, 0.15) is 246 Å². The molecule has 46 heavy (non-hydrogen) atoms. The summed E-state index contributed by atoms with van der Waals surface area (Å²) in [6.45, 7) is 9.44. The number of carboxylic acids is 1. The molecule has 0 aromatic rings. The molecular formula is C42H84O4. The van der Waals surface area contributed by atoms with Crippen LogP contribution < -0.4 is 0 Å². The van der Waals surface area contributed by atoms with E-state index < -0.39 is 5.97 Å². The number of aliphatic carboxylic acids is 1. The van der Waals surface area contributed by atoms with Crippen LogP contribution in [0.5, 0.6) is 0 Å². The maximum Gasteiger partial charge on any atom is 0.308 e. The molecule has 0 bridgehead atoms. The van der Waals surface area contributed by atoms with Gasteiger partial charge < -0.3 is 9.84 Å².